The normalized spacial score (nSPS) is 10.7. The number of benzene rings is 1. The molecule has 6 heteroatoms. The fourth-order valence-corrected chi connectivity index (χ4v) is 1.70. The zero-order chi connectivity index (χ0) is 12.7. The van der Waals surface area contributed by atoms with Gasteiger partial charge in [0.15, 0.2) is 5.56 Å². The van der Waals surface area contributed by atoms with Crippen molar-refractivity contribution in [3.63, 3.8) is 0 Å². The number of aryl methyl sites for hydroxylation is 1. The molecule has 0 saturated carbocycles. The zero-order valence-electron chi connectivity index (χ0n) is 8.77. The number of halogens is 1. The Morgan fingerprint density at radius 2 is 2.06 bits per heavy atom. The van der Waals surface area contributed by atoms with Crippen LogP contribution in [0.2, 0.25) is 0 Å². The third kappa shape index (κ3) is 1.54. The maximum atomic E-state index is 13.0. The molecule has 1 aromatic carbocycles. The van der Waals surface area contributed by atoms with Gasteiger partial charge in [-0.1, -0.05) is 0 Å². The lowest BCUT2D eigenvalue weighted by atomic mass is 10.1. The van der Waals surface area contributed by atoms with Gasteiger partial charge >= 0.3 is 5.97 Å². The highest BCUT2D eigenvalue weighted by molar-refractivity contribution is 5.98. The maximum absolute atomic E-state index is 13.0. The van der Waals surface area contributed by atoms with Crippen molar-refractivity contribution in [1.82, 2.24) is 4.57 Å². The Balaban J connectivity index is 3.06. The van der Waals surface area contributed by atoms with Crippen molar-refractivity contribution >= 4 is 16.9 Å². The summed E-state index contributed by atoms with van der Waals surface area (Å²) in [4.78, 5) is 22.5. The van der Waals surface area contributed by atoms with Crippen LogP contribution < -0.4 is 5.56 Å². The van der Waals surface area contributed by atoms with Crippen molar-refractivity contribution in [3.05, 3.63) is 39.9 Å². The highest BCUT2D eigenvalue weighted by Crippen LogP contribution is 2.26. The molecular weight excluding hydrogens is 229 g/mol. The van der Waals surface area contributed by atoms with Crippen LogP contribution in [0.4, 0.5) is 4.39 Å². The molecule has 0 bridgehead atoms. The van der Waals surface area contributed by atoms with E-state index in [0.29, 0.717) is 0 Å². The Hall–Kier alpha value is -2.37. The highest BCUT2D eigenvalue weighted by atomic mass is 19.1. The highest BCUT2D eigenvalue weighted by Gasteiger charge is 2.20. The number of hydrogen-bond donors (Lipinski definition) is 2. The predicted molar refractivity (Wildman–Crippen MR) is 57.8 cm³/mol. The fourth-order valence-electron chi connectivity index (χ4n) is 1.70. The third-order valence-electron chi connectivity index (χ3n) is 2.54. The van der Waals surface area contributed by atoms with Gasteiger partial charge in [0.1, 0.15) is 11.6 Å². The van der Waals surface area contributed by atoms with E-state index < -0.39 is 28.7 Å². The van der Waals surface area contributed by atoms with Gasteiger partial charge in [-0.3, -0.25) is 4.79 Å². The topological polar surface area (TPSA) is 79.5 Å². The van der Waals surface area contributed by atoms with Crippen LogP contribution in [0.25, 0.3) is 10.9 Å². The van der Waals surface area contributed by atoms with Crippen LogP contribution in [0.3, 0.4) is 0 Å². The molecule has 2 rings (SSSR count). The van der Waals surface area contributed by atoms with Gasteiger partial charge in [-0.15, -0.1) is 0 Å². The first-order valence-corrected chi connectivity index (χ1v) is 4.68. The summed E-state index contributed by atoms with van der Waals surface area (Å²) in [6, 6.07) is 3.41. The van der Waals surface area contributed by atoms with E-state index >= 15 is 0 Å². The van der Waals surface area contributed by atoms with E-state index in [4.69, 9.17) is 5.11 Å². The number of hydrogen-bond acceptors (Lipinski definition) is 3. The first kappa shape index (κ1) is 11.1. The summed E-state index contributed by atoms with van der Waals surface area (Å²) in [6.07, 6.45) is 0. The lowest BCUT2D eigenvalue weighted by Gasteiger charge is -2.09. The van der Waals surface area contributed by atoms with Crippen LogP contribution in [0.1, 0.15) is 10.4 Å². The van der Waals surface area contributed by atoms with E-state index in [1.54, 1.807) is 0 Å². The van der Waals surface area contributed by atoms with Crippen LogP contribution in [-0.4, -0.2) is 20.7 Å². The van der Waals surface area contributed by atoms with E-state index in [-0.39, 0.29) is 10.9 Å². The molecule has 0 aliphatic carbocycles. The Morgan fingerprint density at radius 3 is 2.65 bits per heavy atom. The van der Waals surface area contributed by atoms with Crippen LogP contribution in [0.15, 0.2) is 23.0 Å². The molecule has 88 valence electrons. The van der Waals surface area contributed by atoms with Gasteiger partial charge in [0.2, 0.25) is 0 Å². The molecule has 0 aliphatic heterocycles. The average molecular weight is 237 g/mol. The van der Waals surface area contributed by atoms with Crippen molar-refractivity contribution < 1.29 is 19.4 Å². The fraction of sp³-hybridized carbons (Fsp3) is 0.0909. The molecule has 2 N–H and O–H groups in total. The molecule has 1 aromatic heterocycles. The molecule has 17 heavy (non-hydrogen) atoms. The number of aromatic hydroxyl groups is 1. The summed E-state index contributed by atoms with van der Waals surface area (Å²) in [5, 5.41) is 18.5. The molecule has 0 radical (unpaired) electrons. The Kier molecular flexibility index (Phi) is 2.35. The molecule has 0 saturated heterocycles. The number of fused-ring (bicyclic) bond motifs is 1. The first-order chi connectivity index (χ1) is 7.93. The lowest BCUT2D eigenvalue weighted by molar-refractivity contribution is 0.0691. The second-order valence-corrected chi connectivity index (χ2v) is 3.55. The zero-order valence-corrected chi connectivity index (χ0v) is 8.77. The van der Waals surface area contributed by atoms with Crippen molar-refractivity contribution in [2.75, 3.05) is 0 Å². The summed E-state index contributed by atoms with van der Waals surface area (Å²) in [6.45, 7) is 0. The minimum absolute atomic E-state index is 0.00972. The number of pyridine rings is 1. The van der Waals surface area contributed by atoms with Crippen LogP contribution >= 0.6 is 0 Å². The van der Waals surface area contributed by atoms with E-state index in [9.17, 15) is 19.1 Å². The quantitative estimate of drug-likeness (QED) is 0.777. The number of carboxylic acid groups (broad SMARTS) is 1. The number of carboxylic acids is 1. The van der Waals surface area contributed by atoms with Crippen LogP contribution in [-0.2, 0) is 7.05 Å². The number of carbonyl (C=O) groups is 1. The van der Waals surface area contributed by atoms with E-state index in [2.05, 4.69) is 0 Å². The second-order valence-electron chi connectivity index (χ2n) is 3.55. The van der Waals surface area contributed by atoms with Gasteiger partial charge in [-0.2, -0.15) is 0 Å². The molecule has 0 unspecified atom stereocenters. The first-order valence-electron chi connectivity index (χ1n) is 4.68. The van der Waals surface area contributed by atoms with Gasteiger partial charge in [0.05, 0.1) is 5.52 Å². The van der Waals surface area contributed by atoms with Crippen LogP contribution in [0.5, 0.6) is 5.75 Å². The molecule has 0 amide bonds. The van der Waals surface area contributed by atoms with E-state index in [1.165, 1.54) is 13.1 Å². The SMILES string of the molecule is Cn1c(=O)c(C(=O)O)c(O)c2cc(F)ccc21. The van der Waals surface area contributed by atoms with Crippen molar-refractivity contribution in [3.8, 4) is 5.75 Å². The van der Waals surface area contributed by atoms with Gasteiger partial charge in [0.25, 0.3) is 5.56 Å². The van der Waals surface area contributed by atoms with E-state index in [0.717, 1.165) is 16.7 Å². The summed E-state index contributed by atoms with van der Waals surface area (Å²) in [7, 11) is 1.36. The molecule has 1 heterocycles. The molecule has 0 fully saturated rings. The summed E-state index contributed by atoms with van der Waals surface area (Å²) in [5.41, 5.74) is -1.33. The summed E-state index contributed by atoms with van der Waals surface area (Å²) < 4.78 is 14.1. The molecule has 0 spiro atoms. The van der Waals surface area contributed by atoms with E-state index in [1.807, 2.05) is 0 Å². The molecule has 5 nitrogen and oxygen atoms in total. The van der Waals surface area contributed by atoms with Gasteiger partial charge < -0.3 is 14.8 Å². The largest absolute Gasteiger partial charge is 0.506 e. The standard InChI is InChI=1S/C11H8FNO4/c1-13-7-3-2-5(12)4-6(7)9(14)8(10(13)15)11(16)17/h2-4,14H,1H3,(H,16,17). The molecular formula is C11H8FNO4. The maximum Gasteiger partial charge on any atom is 0.345 e. The molecule has 0 aliphatic rings. The average Bonchev–Trinajstić information content (AvgIpc) is 2.26. The number of aromatic nitrogens is 1. The summed E-state index contributed by atoms with van der Waals surface area (Å²) in [5.74, 6) is -2.88. The number of nitrogens with zero attached hydrogens (tertiary/aromatic N) is 1. The third-order valence-corrected chi connectivity index (χ3v) is 2.54. The van der Waals surface area contributed by atoms with Gasteiger partial charge in [-0.25, -0.2) is 9.18 Å². The number of rotatable bonds is 1. The van der Waals surface area contributed by atoms with Gasteiger partial charge in [0, 0.05) is 12.4 Å². The Morgan fingerprint density at radius 1 is 1.41 bits per heavy atom. The van der Waals surface area contributed by atoms with Crippen LogP contribution in [0, 0.1) is 5.82 Å². The van der Waals surface area contributed by atoms with Crippen molar-refractivity contribution in [1.29, 1.82) is 0 Å². The smallest absolute Gasteiger partial charge is 0.345 e. The van der Waals surface area contributed by atoms with Crippen molar-refractivity contribution in [2.24, 2.45) is 7.05 Å². The predicted octanol–water partition coefficient (Wildman–Crippen LogP) is 1.08. The second kappa shape index (κ2) is 3.58. The number of aromatic carboxylic acids is 1. The summed E-state index contributed by atoms with van der Waals surface area (Å²) >= 11 is 0. The Bertz CT molecular complexity index is 690. The Labute approximate surface area is 94.3 Å². The minimum atomic E-state index is -1.55. The van der Waals surface area contributed by atoms with Crippen molar-refractivity contribution in [2.45, 2.75) is 0 Å². The lowest BCUT2D eigenvalue weighted by Crippen LogP contribution is -2.24. The molecule has 0 atom stereocenters. The minimum Gasteiger partial charge on any atom is -0.506 e. The van der Waals surface area contributed by atoms with Gasteiger partial charge in [-0.05, 0) is 18.2 Å². The molecule has 2 aromatic rings. The monoisotopic (exact) mass is 237 g/mol.